The summed E-state index contributed by atoms with van der Waals surface area (Å²) in [5.74, 6) is 1.58. The Morgan fingerprint density at radius 3 is 3.00 bits per heavy atom. The third-order valence-electron chi connectivity index (χ3n) is 4.21. The van der Waals surface area contributed by atoms with Crippen LogP contribution in [0.5, 0.6) is 0 Å². The first-order valence-corrected chi connectivity index (χ1v) is 6.65. The molecule has 1 N–H and O–H groups in total. The number of furan rings is 1. The van der Waals surface area contributed by atoms with Crippen LogP contribution in [0.1, 0.15) is 43.4 Å². The van der Waals surface area contributed by atoms with Gasteiger partial charge in [0.2, 0.25) is 0 Å². The molecule has 1 unspecified atom stereocenters. The Balaban J connectivity index is 1.77. The van der Waals surface area contributed by atoms with E-state index in [9.17, 15) is 5.11 Å². The van der Waals surface area contributed by atoms with Crippen molar-refractivity contribution in [1.29, 1.82) is 0 Å². The first-order valence-electron chi connectivity index (χ1n) is 6.65. The van der Waals surface area contributed by atoms with Crippen molar-refractivity contribution < 1.29 is 14.3 Å². The second kappa shape index (κ2) is 4.46. The number of hydrogen-bond donors (Lipinski definition) is 1. The molecule has 1 saturated heterocycles. The van der Waals surface area contributed by atoms with Crippen LogP contribution in [0.4, 0.5) is 0 Å². The number of rotatable bonds is 2. The van der Waals surface area contributed by atoms with E-state index in [1.807, 2.05) is 6.07 Å². The number of hydrogen-bond acceptors (Lipinski definition) is 3. The van der Waals surface area contributed by atoms with Gasteiger partial charge in [-0.1, -0.05) is 0 Å². The number of aliphatic hydroxyl groups is 1. The molecule has 1 aliphatic heterocycles. The maximum Gasteiger partial charge on any atom is 0.109 e. The Labute approximate surface area is 102 Å². The van der Waals surface area contributed by atoms with E-state index in [2.05, 4.69) is 0 Å². The predicted molar refractivity (Wildman–Crippen MR) is 63.7 cm³/mol. The van der Waals surface area contributed by atoms with Crippen LogP contribution in [0.25, 0.3) is 0 Å². The molecule has 0 aromatic carbocycles. The minimum atomic E-state index is -0.650. The van der Waals surface area contributed by atoms with Crippen molar-refractivity contribution in [1.82, 2.24) is 0 Å². The van der Waals surface area contributed by atoms with Crippen LogP contribution in [-0.2, 0) is 16.8 Å². The van der Waals surface area contributed by atoms with Crippen molar-refractivity contribution in [3.05, 3.63) is 23.7 Å². The first-order chi connectivity index (χ1) is 8.28. The van der Waals surface area contributed by atoms with Gasteiger partial charge >= 0.3 is 0 Å². The molecule has 0 spiro atoms. The molecular formula is C14H20O3. The van der Waals surface area contributed by atoms with E-state index in [0.717, 1.165) is 63.1 Å². The molecule has 1 aliphatic carbocycles. The largest absolute Gasteiger partial charge is 0.469 e. The molecule has 2 heterocycles. The van der Waals surface area contributed by atoms with E-state index in [1.165, 1.54) is 0 Å². The van der Waals surface area contributed by atoms with E-state index >= 15 is 0 Å². The summed E-state index contributed by atoms with van der Waals surface area (Å²) in [5, 5.41) is 10.9. The Bertz CT molecular complexity index is 379. The van der Waals surface area contributed by atoms with E-state index < -0.39 is 5.60 Å². The van der Waals surface area contributed by atoms with Crippen LogP contribution in [0, 0.1) is 5.92 Å². The topological polar surface area (TPSA) is 42.6 Å². The summed E-state index contributed by atoms with van der Waals surface area (Å²) in [6, 6.07) is 1.95. The Morgan fingerprint density at radius 2 is 2.18 bits per heavy atom. The quantitative estimate of drug-likeness (QED) is 0.858. The molecule has 94 valence electrons. The van der Waals surface area contributed by atoms with Crippen LogP contribution in [0.3, 0.4) is 0 Å². The van der Waals surface area contributed by atoms with Crippen molar-refractivity contribution in [2.75, 3.05) is 13.2 Å². The fourth-order valence-corrected chi connectivity index (χ4v) is 3.27. The molecule has 0 radical (unpaired) electrons. The molecule has 3 nitrogen and oxygen atoms in total. The minimum Gasteiger partial charge on any atom is -0.469 e. The van der Waals surface area contributed by atoms with E-state index in [0.29, 0.717) is 5.92 Å². The van der Waals surface area contributed by atoms with Gasteiger partial charge in [-0.2, -0.15) is 0 Å². The van der Waals surface area contributed by atoms with Crippen molar-refractivity contribution in [2.45, 2.75) is 44.1 Å². The van der Waals surface area contributed by atoms with Gasteiger partial charge in [-0.05, 0) is 44.1 Å². The SMILES string of the molecule is OC1(CC2CCOCC2)CCCc2occc21. The van der Waals surface area contributed by atoms with Gasteiger partial charge in [0.1, 0.15) is 5.76 Å². The average Bonchev–Trinajstić information content (AvgIpc) is 2.80. The average molecular weight is 236 g/mol. The van der Waals surface area contributed by atoms with Crippen LogP contribution < -0.4 is 0 Å². The lowest BCUT2D eigenvalue weighted by molar-refractivity contribution is -0.0286. The summed E-state index contributed by atoms with van der Waals surface area (Å²) in [7, 11) is 0. The van der Waals surface area contributed by atoms with Gasteiger partial charge in [0.15, 0.2) is 0 Å². The van der Waals surface area contributed by atoms with Gasteiger partial charge in [0.25, 0.3) is 0 Å². The second-order valence-electron chi connectivity index (χ2n) is 5.40. The van der Waals surface area contributed by atoms with Gasteiger partial charge in [-0.15, -0.1) is 0 Å². The van der Waals surface area contributed by atoms with E-state index in [-0.39, 0.29) is 0 Å². The molecule has 1 fully saturated rings. The molecule has 1 aromatic heterocycles. The number of aryl methyl sites for hydroxylation is 1. The summed E-state index contributed by atoms with van der Waals surface area (Å²) < 4.78 is 10.8. The smallest absolute Gasteiger partial charge is 0.109 e. The fraction of sp³-hybridized carbons (Fsp3) is 0.714. The predicted octanol–water partition coefficient (Wildman–Crippen LogP) is 2.62. The highest BCUT2D eigenvalue weighted by Gasteiger charge is 2.38. The van der Waals surface area contributed by atoms with Crippen LogP contribution >= 0.6 is 0 Å². The Morgan fingerprint density at radius 1 is 1.35 bits per heavy atom. The summed E-state index contributed by atoms with van der Waals surface area (Å²) >= 11 is 0. The number of ether oxygens (including phenoxy) is 1. The maximum absolute atomic E-state index is 10.9. The third-order valence-corrected chi connectivity index (χ3v) is 4.21. The van der Waals surface area contributed by atoms with E-state index in [1.54, 1.807) is 6.26 Å². The van der Waals surface area contributed by atoms with Gasteiger partial charge < -0.3 is 14.3 Å². The third kappa shape index (κ3) is 2.14. The number of fused-ring (bicyclic) bond motifs is 1. The minimum absolute atomic E-state index is 0.592. The van der Waals surface area contributed by atoms with Crippen molar-refractivity contribution in [3.63, 3.8) is 0 Å². The summed E-state index contributed by atoms with van der Waals surface area (Å²) in [6.45, 7) is 1.69. The standard InChI is InChI=1S/C14H20O3/c15-14(10-11-3-7-16-8-4-11)6-1-2-13-12(14)5-9-17-13/h5,9,11,15H,1-4,6-8,10H2. The highest BCUT2D eigenvalue weighted by Crippen LogP contribution is 2.41. The van der Waals surface area contributed by atoms with Gasteiger partial charge in [0.05, 0.1) is 11.9 Å². The normalized spacial score (nSPS) is 30.2. The molecule has 2 aliphatic rings. The summed E-state index contributed by atoms with van der Waals surface area (Å²) in [6.07, 6.45) is 7.61. The maximum atomic E-state index is 10.9. The molecule has 17 heavy (non-hydrogen) atoms. The Hall–Kier alpha value is -0.800. The molecule has 0 saturated carbocycles. The lowest BCUT2D eigenvalue weighted by atomic mass is 9.75. The van der Waals surface area contributed by atoms with Gasteiger partial charge in [0, 0.05) is 25.2 Å². The molecule has 3 rings (SSSR count). The molecule has 1 atom stereocenters. The molecule has 3 heteroatoms. The molecule has 0 bridgehead atoms. The second-order valence-corrected chi connectivity index (χ2v) is 5.40. The monoisotopic (exact) mass is 236 g/mol. The van der Waals surface area contributed by atoms with Crippen molar-refractivity contribution >= 4 is 0 Å². The lowest BCUT2D eigenvalue weighted by Gasteiger charge is -2.36. The highest BCUT2D eigenvalue weighted by molar-refractivity contribution is 5.27. The molecule has 1 aromatic rings. The van der Waals surface area contributed by atoms with Gasteiger partial charge in [-0.25, -0.2) is 0 Å². The van der Waals surface area contributed by atoms with Gasteiger partial charge in [-0.3, -0.25) is 0 Å². The van der Waals surface area contributed by atoms with Crippen LogP contribution in [0.2, 0.25) is 0 Å². The fourth-order valence-electron chi connectivity index (χ4n) is 3.27. The van der Waals surface area contributed by atoms with Crippen LogP contribution in [0.15, 0.2) is 16.7 Å². The lowest BCUT2D eigenvalue weighted by Crippen LogP contribution is -2.33. The van der Waals surface area contributed by atoms with Crippen LogP contribution in [-0.4, -0.2) is 18.3 Å². The summed E-state index contributed by atoms with van der Waals surface area (Å²) in [4.78, 5) is 0. The zero-order valence-electron chi connectivity index (χ0n) is 10.2. The van der Waals surface area contributed by atoms with E-state index in [4.69, 9.17) is 9.15 Å². The Kier molecular flexibility index (Phi) is 2.97. The molecule has 0 amide bonds. The van der Waals surface area contributed by atoms with Crippen molar-refractivity contribution in [2.24, 2.45) is 5.92 Å². The zero-order valence-corrected chi connectivity index (χ0v) is 10.2. The molecular weight excluding hydrogens is 216 g/mol. The summed E-state index contributed by atoms with van der Waals surface area (Å²) in [5.41, 5.74) is 0.387. The zero-order chi connectivity index (χ0) is 11.7. The highest BCUT2D eigenvalue weighted by atomic mass is 16.5. The first kappa shape index (κ1) is 11.3. The van der Waals surface area contributed by atoms with Crippen molar-refractivity contribution in [3.8, 4) is 0 Å².